The van der Waals surface area contributed by atoms with Crippen LogP contribution < -0.4 is 11.2 Å². The van der Waals surface area contributed by atoms with Crippen molar-refractivity contribution in [3.63, 3.8) is 0 Å². The zero-order valence-corrected chi connectivity index (χ0v) is 14.9. The highest BCUT2D eigenvalue weighted by Crippen LogP contribution is 2.32. The summed E-state index contributed by atoms with van der Waals surface area (Å²) in [7, 11) is 4.97. The zero-order chi connectivity index (χ0) is 17.2. The van der Waals surface area contributed by atoms with Gasteiger partial charge in [-0.15, -0.1) is 0 Å². The second kappa shape index (κ2) is 4.94. The van der Waals surface area contributed by atoms with E-state index in [0.29, 0.717) is 16.9 Å². The molecule has 3 aromatic heterocycles. The summed E-state index contributed by atoms with van der Waals surface area (Å²) in [5, 5.41) is 0. The molecule has 0 radical (unpaired) electrons. The molecule has 0 atom stereocenters. The number of hydrogen-bond acceptors (Lipinski definition) is 3. The van der Waals surface area contributed by atoms with Crippen molar-refractivity contribution in [1.82, 2.24) is 23.1 Å². The standard InChI is InChI=1S/C16H14BrN5O2/c1-19-10(9-7-5-4-6-8-9)12(17)22-11-13(18-15(19)22)20(2)16(24)21(3)14(11)23/h4-8H,1-3H3. The highest BCUT2D eigenvalue weighted by atomic mass is 79.9. The van der Waals surface area contributed by atoms with E-state index in [1.54, 1.807) is 11.4 Å². The number of halogens is 1. The largest absolute Gasteiger partial charge is 0.332 e. The van der Waals surface area contributed by atoms with Crippen molar-refractivity contribution in [2.75, 3.05) is 0 Å². The van der Waals surface area contributed by atoms with Crippen LogP contribution in [0.4, 0.5) is 0 Å². The van der Waals surface area contributed by atoms with Crippen molar-refractivity contribution in [2.24, 2.45) is 21.1 Å². The molecule has 0 bridgehead atoms. The van der Waals surface area contributed by atoms with Crippen LogP contribution in [0.3, 0.4) is 0 Å². The summed E-state index contributed by atoms with van der Waals surface area (Å²) in [5.74, 6) is 0.592. The minimum Gasteiger partial charge on any atom is -0.312 e. The summed E-state index contributed by atoms with van der Waals surface area (Å²) < 4.78 is 6.86. The maximum atomic E-state index is 12.6. The Morgan fingerprint density at radius 1 is 0.958 bits per heavy atom. The Labute approximate surface area is 144 Å². The second-order valence-electron chi connectivity index (χ2n) is 5.69. The molecule has 4 aromatic rings. The molecule has 0 aliphatic heterocycles. The van der Waals surface area contributed by atoms with Gasteiger partial charge in [-0.1, -0.05) is 30.3 Å². The molecule has 122 valence electrons. The van der Waals surface area contributed by atoms with E-state index in [1.165, 1.54) is 11.6 Å². The van der Waals surface area contributed by atoms with E-state index in [2.05, 4.69) is 20.9 Å². The summed E-state index contributed by atoms with van der Waals surface area (Å²) in [5.41, 5.74) is 1.90. The fourth-order valence-electron chi connectivity index (χ4n) is 3.05. The first-order valence-corrected chi connectivity index (χ1v) is 8.10. The van der Waals surface area contributed by atoms with Gasteiger partial charge in [0.1, 0.15) is 4.60 Å². The Morgan fingerprint density at radius 2 is 1.62 bits per heavy atom. The number of rotatable bonds is 1. The summed E-state index contributed by atoms with van der Waals surface area (Å²) in [6.07, 6.45) is 0. The van der Waals surface area contributed by atoms with Gasteiger partial charge in [0.2, 0.25) is 5.78 Å². The van der Waals surface area contributed by atoms with Gasteiger partial charge < -0.3 is 4.57 Å². The molecule has 7 nitrogen and oxygen atoms in total. The van der Waals surface area contributed by atoms with Crippen LogP contribution in [0.2, 0.25) is 0 Å². The van der Waals surface area contributed by atoms with Crippen LogP contribution in [-0.2, 0) is 21.1 Å². The normalized spacial score (nSPS) is 11.7. The highest BCUT2D eigenvalue weighted by molar-refractivity contribution is 9.10. The molecule has 1 aromatic carbocycles. The maximum absolute atomic E-state index is 12.6. The molecule has 4 rings (SSSR count). The summed E-state index contributed by atoms with van der Waals surface area (Å²) in [6, 6.07) is 9.86. The van der Waals surface area contributed by atoms with Crippen molar-refractivity contribution >= 4 is 32.9 Å². The lowest BCUT2D eigenvalue weighted by Gasteiger charge is -2.05. The Kier molecular flexibility index (Phi) is 3.08. The van der Waals surface area contributed by atoms with Crippen LogP contribution in [0.25, 0.3) is 28.2 Å². The molecule has 0 saturated heterocycles. The van der Waals surface area contributed by atoms with Gasteiger partial charge >= 0.3 is 5.69 Å². The van der Waals surface area contributed by atoms with Gasteiger partial charge in [0.25, 0.3) is 5.56 Å². The first-order valence-electron chi connectivity index (χ1n) is 7.31. The second-order valence-corrected chi connectivity index (χ2v) is 6.44. The average molecular weight is 388 g/mol. The average Bonchev–Trinajstić information content (AvgIpc) is 3.09. The van der Waals surface area contributed by atoms with E-state index in [1.807, 2.05) is 41.9 Å². The van der Waals surface area contributed by atoms with Gasteiger partial charge in [-0.3, -0.25) is 18.3 Å². The molecule has 24 heavy (non-hydrogen) atoms. The van der Waals surface area contributed by atoms with E-state index in [4.69, 9.17) is 0 Å². The fourth-order valence-corrected chi connectivity index (χ4v) is 3.88. The summed E-state index contributed by atoms with van der Waals surface area (Å²) >= 11 is 3.61. The third-order valence-electron chi connectivity index (χ3n) is 4.31. The SMILES string of the molecule is Cn1c(=O)c2c(nc3n(C)c(-c4ccccc4)c(Br)n23)n(C)c1=O. The van der Waals surface area contributed by atoms with E-state index < -0.39 is 5.69 Å². The van der Waals surface area contributed by atoms with Gasteiger partial charge in [-0.2, -0.15) is 4.98 Å². The number of aromatic nitrogens is 5. The van der Waals surface area contributed by atoms with Gasteiger partial charge in [0.15, 0.2) is 11.2 Å². The first-order chi connectivity index (χ1) is 11.4. The van der Waals surface area contributed by atoms with Crippen LogP contribution in [0, 0.1) is 0 Å². The minimum absolute atomic E-state index is 0.369. The predicted molar refractivity (Wildman–Crippen MR) is 95.3 cm³/mol. The topological polar surface area (TPSA) is 66.2 Å². The van der Waals surface area contributed by atoms with Gasteiger partial charge in [0, 0.05) is 26.7 Å². The van der Waals surface area contributed by atoms with E-state index in [0.717, 1.165) is 20.4 Å². The molecular formula is C16H14BrN5O2. The number of benzene rings is 1. The van der Waals surface area contributed by atoms with E-state index in [-0.39, 0.29) is 5.56 Å². The number of fused-ring (bicyclic) bond motifs is 3. The van der Waals surface area contributed by atoms with Crippen LogP contribution in [-0.4, -0.2) is 23.1 Å². The van der Waals surface area contributed by atoms with Crippen LogP contribution in [0.5, 0.6) is 0 Å². The number of nitrogens with zero attached hydrogens (tertiary/aromatic N) is 5. The summed E-state index contributed by atoms with van der Waals surface area (Å²) in [4.78, 5) is 29.3. The van der Waals surface area contributed by atoms with Crippen LogP contribution in [0.1, 0.15) is 0 Å². The minimum atomic E-state index is -0.393. The Morgan fingerprint density at radius 3 is 2.29 bits per heavy atom. The lowest BCUT2D eigenvalue weighted by atomic mass is 10.2. The number of imidazole rings is 2. The van der Waals surface area contributed by atoms with E-state index in [9.17, 15) is 9.59 Å². The molecular weight excluding hydrogens is 374 g/mol. The van der Waals surface area contributed by atoms with Gasteiger partial charge in [-0.25, -0.2) is 4.79 Å². The Hall–Kier alpha value is -2.61. The molecule has 0 aliphatic rings. The lowest BCUT2D eigenvalue weighted by Crippen LogP contribution is -2.37. The molecule has 0 unspecified atom stereocenters. The molecule has 0 amide bonds. The quantitative estimate of drug-likeness (QED) is 0.498. The molecule has 0 N–H and O–H groups in total. The molecule has 0 aliphatic carbocycles. The Bertz CT molecular complexity index is 1230. The molecule has 8 heteroatoms. The maximum Gasteiger partial charge on any atom is 0.332 e. The first kappa shape index (κ1) is 14.9. The highest BCUT2D eigenvalue weighted by Gasteiger charge is 2.23. The molecule has 0 spiro atoms. The molecule has 3 heterocycles. The lowest BCUT2D eigenvalue weighted by molar-refractivity contribution is 0.707. The van der Waals surface area contributed by atoms with Crippen LogP contribution in [0.15, 0.2) is 44.5 Å². The zero-order valence-electron chi connectivity index (χ0n) is 13.3. The Balaban J connectivity index is 2.25. The molecule has 0 fully saturated rings. The van der Waals surface area contributed by atoms with Crippen molar-refractivity contribution in [2.45, 2.75) is 0 Å². The predicted octanol–water partition coefficient (Wildman–Crippen LogP) is 1.65. The van der Waals surface area contributed by atoms with Crippen molar-refractivity contribution in [3.05, 3.63) is 55.8 Å². The smallest absolute Gasteiger partial charge is 0.312 e. The van der Waals surface area contributed by atoms with Crippen molar-refractivity contribution < 1.29 is 0 Å². The fraction of sp³-hybridized carbons (Fsp3) is 0.188. The van der Waals surface area contributed by atoms with Crippen molar-refractivity contribution in [3.8, 4) is 11.3 Å². The van der Waals surface area contributed by atoms with Crippen molar-refractivity contribution in [1.29, 1.82) is 0 Å². The number of aryl methyl sites for hydroxylation is 2. The van der Waals surface area contributed by atoms with E-state index >= 15 is 0 Å². The van der Waals surface area contributed by atoms with Gasteiger partial charge in [-0.05, 0) is 15.9 Å². The van der Waals surface area contributed by atoms with Gasteiger partial charge in [0.05, 0.1) is 5.69 Å². The third-order valence-corrected chi connectivity index (χ3v) is 5.04. The monoisotopic (exact) mass is 387 g/mol. The third kappa shape index (κ3) is 1.74. The molecule has 0 saturated carbocycles. The van der Waals surface area contributed by atoms with Crippen LogP contribution >= 0.6 is 15.9 Å². The number of hydrogen-bond donors (Lipinski definition) is 0. The summed E-state index contributed by atoms with van der Waals surface area (Å²) in [6.45, 7) is 0.